The number of hydrogen-bond acceptors (Lipinski definition) is 2. The average Bonchev–Trinajstić information content (AvgIpc) is 2.72. The van der Waals surface area contributed by atoms with Gasteiger partial charge >= 0.3 is 6.18 Å². The van der Waals surface area contributed by atoms with E-state index in [0.29, 0.717) is 22.2 Å². The predicted molar refractivity (Wildman–Crippen MR) is 105 cm³/mol. The summed E-state index contributed by atoms with van der Waals surface area (Å²) in [6.45, 7) is -0.0701. The van der Waals surface area contributed by atoms with E-state index in [1.165, 1.54) is 0 Å². The van der Waals surface area contributed by atoms with Crippen LogP contribution < -0.4 is 5.32 Å². The maximum Gasteiger partial charge on any atom is 0.416 e. The van der Waals surface area contributed by atoms with E-state index < -0.39 is 29.0 Å². The molecule has 0 spiro atoms. The van der Waals surface area contributed by atoms with Gasteiger partial charge < -0.3 is 5.32 Å². The van der Waals surface area contributed by atoms with Gasteiger partial charge in [0, 0.05) is 17.1 Å². The SMILES string of the molecule is O=Cc1cccc(-c2ccc(Cl)c(CNC(=O)c3ccc(C(F)(F)F)cc3F)c2)c1. The number of nitrogens with one attached hydrogen (secondary N) is 1. The van der Waals surface area contributed by atoms with Gasteiger partial charge in [0.25, 0.3) is 5.91 Å². The molecule has 1 amide bonds. The quantitative estimate of drug-likeness (QED) is 0.400. The first-order valence-corrected chi connectivity index (χ1v) is 9.06. The lowest BCUT2D eigenvalue weighted by Crippen LogP contribution is -2.24. The highest BCUT2D eigenvalue weighted by molar-refractivity contribution is 6.31. The molecule has 1 N–H and O–H groups in total. The number of rotatable bonds is 5. The molecule has 0 saturated heterocycles. The normalized spacial score (nSPS) is 11.2. The van der Waals surface area contributed by atoms with Crippen LogP contribution in [-0.2, 0) is 12.7 Å². The Bertz CT molecular complexity index is 1110. The minimum atomic E-state index is -4.70. The summed E-state index contributed by atoms with van der Waals surface area (Å²) in [5, 5.41) is 2.80. The third-order valence-corrected chi connectivity index (χ3v) is 4.75. The summed E-state index contributed by atoms with van der Waals surface area (Å²) in [5.74, 6) is -2.14. The molecule has 154 valence electrons. The largest absolute Gasteiger partial charge is 0.416 e. The highest BCUT2D eigenvalue weighted by atomic mass is 35.5. The first kappa shape index (κ1) is 21.5. The Morgan fingerprint density at radius 1 is 1.00 bits per heavy atom. The fourth-order valence-electron chi connectivity index (χ4n) is 2.83. The van der Waals surface area contributed by atoms with Crippen molar-refractivity contribution >= 4 is 23.8 Å². The lowest BCUT2D eigenvalue weighted by Gasteiger charge is -2.12. The molecule has 0 atom stereocenters. The molecule has 3 nitrogen and oxygen atoms in total. The smallest absolute Gasteiger partial charge is 0.348 e. The molecule has 0 unspecified atom stereocenters. The van der Waals surface area contributed by atoms with Crippen molar-refractivity contribution in [3.05, 3.63) is 93.8 Å². The van der Waals surface area contributed by atoms with Crippen molar-refractivity contribution in [1.82, 2.24) is 5.32 Å². The maximum atomic E-state index is 14.0. The molecule has 0 aliphatic rings. The number of aldehydes is 1. The second-order valence-corrected chi connectivity index (χ2v) is 6.83. The molecular weight excluding hydrogens is 422 g/mol. The summed E-state index contributed by atoms with van der Waals surface area (Å²) in [6.07, 6.45) is -3.98. The first-order valence-electron chi connectivity index (χ1n) is 8.68. The molecule has 0 radical (unpaired) electrons. The van der Waals surface area contributed by atoms with Gasteiger partial charge in [0.1, 0.15) is 12.1 Å². The van der Waals surface area contributed by atoms with Crippen LogP contribution in [0.4, 0.5) is 17.6 Å². The van der Waals surface area contributed by atoms with E-state index in [2.05, 4.69) is 5.32 Å². The Balaban J connectivity index is 1.78. The van der Waals surface area contributed by atoms with Crippen LogP contribution in [0.25, 0.3) is 11.1 Å². The number of amides is 1. The van der Waals surface area contributed by atoms with Crippen molar-refractivity contribution < 1.29 is 27.2 Å². The number of halogens is 5. The van der Waals surface area contributed by atoms with Crippen molar-refractivity contribution in [3.8, 4) is 11.1 Å². The predicted octanol–water partition coefficient (Wildman–Crippen LogP) is 5.91. The van der Waals surface area contributed by atoms with Gasteiger partial charge in [0.2, 0.25) is 0 Å². The number of alkyl halides is 3. The van der Waals surface area contributed by atoms with Crippen LogP contribution in [0.15, 0.2) is 60.7 Å². The molecular formula is C22H14ClF4NO2. The molecule has 0 aliphatic heterocycles. The van der Waals surface area contributed by atoms with Gasteiger partial charge in [-0.15, -0.1) is 0 Å². The van der Waals surface area contributed by atoms with Crippen molar-refractivity contribution in [3.63, 3.8) is 0 Å². The Morgan fingerprint density at radius 2 is 1.73 bits per heavy atom. The molecule has 0 heterocycles. The zero-order valence-electron chi connectivity index (χ0n) is 15.3. The summed E-state index contributed by atoms with van der Waals surface area (Å²) in [6, 6.07) is 13.7. The Labute approximate surface area is 174 Å². The maximum absolute atomic E-state index is 14.0. The van der Waals surface area contributed by atoms with Crippen molar-refractivity contribution in [1.29, 1.82) is 0 Å². The summed E-state index contributed by atoms with van der Waals surface area (Å²) in [5.41, 5.74) is 0.839. The van der Waals surface area contributed by atoms with E-state index in [4.69, 9.17) is 11.6 Å². The van der Waals surface area contributed by atoms with Crippen molar-refractivity contribution in [2.24, 2.45) is 0 Å². The number of carbonyl (C=O) groups excluding carboxylic acids is 2. The van der Waals surface area contributed by atoms with Crippen molar-refractivity contribution in [2.75, 3.05) is 0 Å². The minimum absolute atomic E-state index is 0.0701. The summed E-state index contributed by atoms with van der Waals surface area (Å²) >= 11 is 6.17. The van der Waals surface area contributed by atoms with Crippen LogP contribution in [0.2, 0.25) is 5.02 Å². The van der Waals surface area contributed by atoms with Gasteiger partial charge in [0.05, 0.1) is 11.1 Å². The molecule has 3 rings (SSSR count). The third kappa shape index (κ3) is 4.86. The number of benzene rings is 3. The molecule has 0 bridgehead atoms. The summed E-state index contributed by atoms with van der Waals surface area (Å²) in [7, 11) is 0. The van der Waals surface area contributed by atoms with E-state index in [9.17, 15) is 27.2 Å². The third-order valence-electron chi connectivity index (χ3n) is 4.38. The van der Waals surface area contributed by atoms with Crippen LogP contribution >= 0.6 is 11.6 Å². The van der Waals surface area contributed by atoms with E-state index in [0.717, 1.165) is 23.5 Å². The monoisotopic (exact) mass is 435 g/mol. The average molecular weight is 436 g/mol. The van der Waals surface area contributed by atoms with Gasteiger partial charge in [0.15, 0.2) is 0 Å². The zero-order valence-corrected chi connectivity index (χ0v) is 16.0. The van der Waals surface area contributed by atoms with Crippen LogP contribution in [-0.4, -0.2) is 12.2 Å². The fraction of sp³-hybridized carbons (Fsp3) is 0.0909. The minimum Gasteiger partial charge on any atom is -0.348 e. The molecule has 3 aromatic carbocycles. The topological polar surface area (TPSA) is 46.2 Å². The lowest BCUT2D eigenvalue weighted by molar-refractivity contribution is -0.137. The van der Waals surface area contributed by atoms with Gasteiger partial charge in [-0.05, 0) is 53.1 Å². The van der Waals surface area contributed by atoms with Gasteiger partial charge in [-0.3, -0.25) is 9.59 Å². The molecule has 0 fully saturated rings. The van der Waals surface area contributed by atoms with E-state index in [1.54, 1.807) is 42.5 Å². The second-order valence-electron chi connectivity index (χ2n) is 6.42. The molecule has 0 aromatic heterocycles. The van der Waals surface area contributed by atoms with Crippen LogP contribution in [0, 0.1) is 5.82 Å². The molecule has 3 aromatic rings. The highest BCUT2D eigenvalue weighted by Gasteiger charge is 2.31. The molecule has 0 saturated carbocycles. The van der Waals surface area contributed by atoms with Gasteiger partial charge in [-0.2, -0.15) is 13.2 Å². The van der Waals surface area contributed by atoms with Gasteiger partial charge in [-0.25, -0.2) is 4.39 Å². The second kappa shape index (κ2) is 8.67. The Morgan fingerprint density at radius 3 is 2.40 bits per heavy atom. The van der Waals surface area contributed by atoms with Crippen LogP contribution in [0.1, 0.15) is 31.8 Å². The van der Waals surface area contributed by atoms with E-state index in [1.807, 2.05) is 0 Å². The zero-order chi connectivity index (χ0) is 21.9. The Kier molecular flexibility index (Phi) is 6.22. The fourth-order valence-corrected chi connectivity index (χ4v) is 3.01. The van der Waals surface area contributed by atoms with Crippen LogP contribution in [0.5, 0.6) is 0 Å². The Hall–Kier alpha value is -3.19. The standard InChI is InChI=1S/C22H14ClF4NO2/c23-19-7-4-15(14-3-1-2-13(8-14)12-29)9-16(19)11-28-21(30)18-6-5-17(10-20(18)24)22(25,26)27/h1-10,12H,11H2,(H,28,30). The van der Waals surface area contributed by atoms with Gasteiger partial charge in [-0.1, -0.05) is 35.9 Å². The molecule has 8 heteroatoms. The molecule has 0 aliphatic carbocycles. The molecule has 30 heavy (non-hydrogen) atoms. The summed E-state index contributed by atoms with van der Waals surface area (Å²) in [4.78, 5) is 23.2. The van der Waals surface area contributed by atoms with E-state index >= 15 is 0 Å². The lowest BCUT2D eigenvalue weighted by atomic mass is 10.0. The van der Waals surface area contributed by atoms with Crippen molar-refractivity contribution in [2.45, 2.75) is 12.7 Å². The highest BCUT2D eigenvalue weighted by Crippen LogP contribution is 2.30. The van der Waals surface area contributed by atoms with E-state index in [-0.39, 0.29) is 12.6 Å². The first-order chi connectivity index (χ1) is 14.2. The number of hydrogen-bond donors (Lipinski definition) is 1. The van der Waals surface area contributed by atoms with Crippen LogP contribution in [0.3, 0.4) is 0 Å². The summed E-state index contributed by atoms with van der Waals surface area (Å²) < 4.78 is 51.9. The number of carbonyl (C=O) groups is 2.